The largest absolute Gasteiger partial charge is 0.367 e. The average Bonchev–Trinajstić information content (AvgIpc) is 3.48. The first kappa shape index (κ1) is 26.5. The molecule has 1 saturated heterocycles. The van der Waals surface area contributed by atoms with Crippen molar-refractivity contribution in [3.05, 3.63) is 76.3 Å². The van der Waals surface area contributed by atoms with Crippen molar-refractivity contribution in [1.82, 2.24) is 19.6 Å². The zero-order chi connectivity index (χ0) is 28.1. The third kappa shape index (κ3) is 4.78. The highest BCUT2D eigenvalue weighted by atomic mass is 19.1. The van der Waals surface area contributed by atoms with Crippen molar-refractivity contribution in [2.45, 2.75) is 45.7 Å². The van der Waals surface area contributed by atoms with Gasteiger partial charge < -0.3 is 16.0 Å². The van der Waals surface area contributed by atoms with Crippen molar-refractivity contribution < 1.29 is 13.6 Å². The molecule has 4 aromatic rings. The molecule has 0 radical (unpaired) electrons. The molecule has 1 aliphatic rings. The number of benzene rings is 2. The number of hydrogen-bond acceptors (Lipinski definition) is 6. The highest BCUT2D eigenvalue weighted by molar-refractivity contribution is 6.08. The third-order valence-electron chi connectivity index (χ3n) is 7.56. The van der Waals surface area contributed by atoms with Gasteiger partial charge in [0.05, 0.1) is 22.4 Å². The normalized spacial score (nSPS) is 17.7. The van der Waals surface area contributed by atoms with Crippen LogP contribution in [0.2, 0.25) is 0 Å². The van der Waals surface area contributed by atoms with E-state index in [-0.39, 0.29) is 23.2 Å². The lowest BCUT2D eigenvalue weighted by Crippen LogP contribution is -2.29. The second-order valence-electron chi connectivity index (χ2n) is 10.7. The lowest BCUT2D eigenvalue weighted by molar-refractivity contribution is 0.102. The zero-order valence-electron chi connectivity index (χ0n) is 22.3. The Bertz CT molecular complexity index is 1600. The van der Waals surface area contributed by atoms with Crippen LogP contribution in [0.4, 0.5) is 20.2 Å². The molecule has 204 valence electrons. The first-order chi connectivity index (χ1) is 18.5. The van der Waals surface area contributed by atoms with Crippen molar-refractivity contribution in [2.75, 3.05) is 23.3 Å². The molecular formula is C28H31F2N7O2. The van der Waals surface area contributed by atoms with Gasteiger partial charge in [0.2, 0.25) is 0 Å². The number of rotatable bonds is 6. The molecule has 0 saturated carbocycles. The van der Waals surface area contributed by atoms with Crippen molar-refractivity contribution >= 4 is 28.2 Å². The Balaban J connectivity index is 1.57. The highest BCUT2D eigenvalue weighted by Gasteiger charge is 2.31. The molecular weight excluding hydrogens is 504 g/mol. The average molecular weight is 536 g/mol. The van der Waals surface area contributed by atoms with Gasteiger partial charge in [-0.2, -0.15) is 14.9 Å². The van der Waals surface area contributed by atoms with E-state index in [0.717, 1.165) is 41.2 Å². The van der Waals surface area contributed by atoms with Crippen LogP contribution in [0.25, 0.3) is 16.6 Å². The fourth-order valence-corrected chi connectivity index (χ4v) is 4.74. The molecule has 2 atom stereocenters. The molecule has 0 unspecified atom stereocenters. The first-order valence-corrected chi connectivity index (χ1v) is 12.9. The smallest absolute Gasteiger partial charge is 0.276 e. The standard InChI is InChI=1S/C28H31F2N7O2/c1-5-28(3,4)36-14-17-21(33-36)9-10-22(25(17)35-13-16(2)20(31)15-35)32-27(39)23-11-12-24(38)37(34-23)26-18(29)7-6-8-19(26)30/h6-12,14,16,20H,5,13,15,31H2,1-4H3,(H,32,39)/t16-,20-/m0/s1. The predicted molar refractivity (Wildman–Crippen MR) is 146 cm³/mol. The van der Waals surface area contributed by atoms with Crippen LogP contribution in [-0.4, -0.2) is 44.6 Å². The van der Waals surface area contributed by atoms with Gasteiger partial charge in [-0.25, -0.2) is 8.78 Å². The summed E-state index contributed by atoms with van der Waals surface area (Å²) in [5.41, 5.74) is 6.60. The highest BCUT2D eigenvalue weighted by Crippen LogP contribution is 2.38. The molecule has 0 aliphatic carbocycles. The van der Waals surface area contributed by atoms with E-state index in [0.29, 0.717) is 23.5 Å². The summed E-state index contributed by atoms with van der Waals surface area (Å²) in [5.74, 6) is -2.34. The van der Waals surface area contributed by atoms with E-state index in [4.69, 9.17) is 10.8 Å². The Morgan fingerprint density at radius 2 is 1.79 bits per heavy atom. The van der Waals surface area contributed by atoms with Gasteiger partial charge in [0.25, 0.3) is 11.5 Å². The molecule has 39 heavy (non-hydrogen) atoms. The van der Waals surface area contributed by atoms with Gasteiger partial charge in [-0.3, -0.25) is 14.3 Å². The Morgan fingerprint density at radius 3 is 2.44 bits per heavy atom. The molecule has 3 N–H and O–H groups in total. The van der Waals surface area contributed by atoms with E-state index in [9.17, 15) is 18.4 Å². The van der Waals surface area contributed by atoms with Crippen molar-refractivity contribution in [1.29, 1.82) is 0 Å². The van der Waals surface area contributed by atoms with Gasteiger partial charge in [-0.15, -0.1) is 0 Å². The number of aromatic nitrogens is 4. The topological polar surface area (TPSA) is 111 Å². The van der Waals surface area contributed by atoms with E-state index < -0.39 is 28.8 Å². The summed E-state index contributed by atoms with van der Waals surface area (Å²) in [4.78, 5) is 27.9. The van der Waals surface area contributed by atoms with Crippen LogP contribution in [0, 0.1) is 17.6 Å². The van der Waals surface area contributed by atoms with E-state index in [1.165, 1.54) is 12.1 Å². The van der Waals surface area contributed by atoms with Gasteiger partial charge in [-0.05, 0) is 56.5 Å². The number of nitrogens with zero attached hydrogens (tertiary/aromatic N) is 5. The summed E-state index contributed by atoms with van der Waals surface area (Å²) in [7, 11) is 0. The number of amides is 1. The maximum absolute atomic E-state index is 14.4. The lowest BCUT2D eigenvalue weighted by atomic mass is 10.0. The summed E-state index contributed by atoms with van der Waals surface area (Å²) >= 11 is 0. The van der Waals surface area contributed by atoms with Crippen LogP contribution in [-0.2, 0) is 5.54 Å². The number of carbonyl (C=O) groups excluding carboxylic acids is 1. The van der Waals surface area contributed by atoms with Crippen LogP contribution >= 0.6 is 0 Å². The van der Waals surface area contributed by atoms with E-state index >= 15 is 0 Å². The maximum atomic E-state index is 14.4. The lowest BCUT2D eigenvalue weighted by Gasteiger charge is -2.24. The second-order valence-corrected chi connectivity index (χ2v) is 10.7. The molecule has 0 bridgehead atoms. The number of para-hydroxylation sites is 1. The van der Waals surface area contributed by atoms with Crippen molar-refractivity contribution in [2.24, 2.45) is 11.7 Å². The number of carbonyl (C=O) groups is 1. The molecule has 3 heterocycles. The fourth-order valence-electron chi connectivity index (χ4n) is 4.74. The molecule has 0 spiro atoms. The van der Waals surface area contributed by atoms with Gasteiger partial charge in [0, 0.05) is 36.8 Å². The van der Waals surface area contributed by atoms with Crippen LogP contribution in [0.1, 0.15) is 44.6 Å². The van der Waals surface area contributed by atoms with Crippen molar-refractivity contribution in [3.63, 3.8) is 0 Å². The molecule has 11 heteroatoms. The number of anilines is 2. The summed E-state index contributed by atoms with van der Waals surface area (Å²) in [6.45, 7) is 9.69. The Hall–Kier alpha value is -4.12. The van der Waals surface area contributed by atoms with E-state index in [1.807, 2.05) is 16.9 Å². The molecule has 1 fully saturated rings. The van der Waals surface area contributed by atoms with Crippen LogP contribution in [0.5, 0.6) is 0 Å². The van der Waals surface area contributed by atoms with Crippen LogP contribution in [0.15, 0.2) is 53.5 Å². The summed E-state index contributed by atoms with van der Waals surface area (Å²) in [6, 6.07) is 9.06. The summed E-state index contributed by atoms with van der Waals surface area (Å²) < 4.78 is 31.3. The molecule has 2 aromatic heterocycles. The van der Waals surface area contributed by atoms with Crippen LogP contribution in [0.3, 0.4) is 0 Å². The zero-order valence-corrected chi connectivity index (χ0v) is 22.3. The van der Waals surface area contributed by atoms with Gasteiger partial charge in [0.1, 0.15) is 11.4 Å². The van der Waals surface area contributed by atoms with Crippen LogP contribution < -0.4 is 21.5 Å². The number of nitrogens with one attached hydrogen (secondary N) is 1. The quantitative estimate of drug-likeness (QED) is 0.386. The summed E-state index contributed by atoms with van der Waals surface area (Å²) in [6.07, 6.45) is 2.85. The number of halogens is 2. The number of fused-ring (bicyclic) bond motifs is 1. The van der Waals surface area contributed by atoms with Crippen molar-refractivity contribution in [3.8, 4) is 5.69 Å². The Labute approximate surface area is 224 Å². The maximum Gasteiger partial charge on any atom is 0.276 e. The fraction of sp³-hybridized carbons (Fsp3) is 0.357. The number of nitrogens with two attached hydrogens (primary N) is 1. The number of hydrogen-bond donors (Lipinski definition) is 2. The molecule has 1 amide bonds. The summed E-state index contributed by atoms with van der Waals surface area (Å²) in [5, 5.41) is 12.5. The molecule has 2 aromatic carbocycles. The molecule has 5 rings (SSSR count). The van der Waals surface area contributed by atoms with Gasteiger partial charge in [0.15, 0.2) is 11.6 Å². The third-order valence-corrected chi connectivity index (χ3v) is 7.56. The minimum Gasteiger partial charge on any atom is -0.367 e. The first-order valence-electron chi connectivity index (χ1n) is 12.9. The van der Waals surface area contributed by atoms with E-state index in [2.05, 4.69) is 43.0 Å². The Kier molecular flexibility index (Phi) is 6.71. The monoisotopic (exact) mass is 535 g/mol. The minimum absolute atomic E-state index is 0.0353. The second kappa shape index (κ2) is 9.88. The molecule has 1 aliphatic heterocycles. The van der Waals surface area contributed by atoms with Gasteiger partial charge >= 0.3 is 0 Å². The Morgan fingerprint density at radius 1 is 1.08 bits per heavy atom. The van der Waals surface area contributed by atoms with Gasteiger partial charge in [-0.1, -0.05) is 19.9 Å². The molecule has 9 nitrogen and oxygen atoms in total. The predicted octanol–water partition coefficient (Wildman–Crippen LogP) is 4.04. The SMILES string of the molecule is CCC(C)(C)n1cc2c(N3C[C@H](C)[C@@H](N)C3)c(NC(=O)c3ccc(=O)n(-c4c(F)cccc4F)n3)ccc2n1. The minimum atomic E-state index is -0.971. The van der Waals surface area contributed by atoms with E-state index in [1.54, 1.807) is 6.07 Å².